The van der Waals surface area contributed by atoms with Gasteiger partial charge in [-0.25, -0.2) is 4.98 Å². The van der Waals surface area contributed by atoms with Crippen molar-refractivity contribution in [2.75, 3.05) is 31.1 Å². The first kappa shape index (κ1) is 15.7. The van der Waals surface area contributed by atoms with E-state index in [2.05, 4.69) is 27.4 Å². The third-order valence-electron chi connectivity index (χ3n) is 4.90. The smallest absolute Gasteiger partial charge is 0.256 e. The highest BCUT2D eigenvalue weighted by atomic mass is 16.2. The molecule has 25 heavy (non-hydrogen) atoms. The first-order valence-electron chi connectivity index (χ1n) is 8.81. The Labute approximate surface area is 147 Å². The van der Waals surface area contributed by atoms with E-state index in [1.807, 2.05) is 53.7 Å². The maximum atomic E-state index is 13.1. The second kappa shape index (κ2) is 6.59. The highest BCUT2D eigenvalue weighted by Crippen LogP contribution is 2.23. The number of hydrogen-bond acceptors (Lipinski definition) is 3. The highest BCUT2D eigenvalue weighted by molar-refractivity contribution is 6.07. The molecule has 0 bridgehead atoms. The zero-order chi connectivity index (χ0) is 17.2. The molecule has 3 heterocycles. The normalized spacial score (nSPS) is 14.9. The molecule has 3 aromatic rings. The first-order chi connectivity index (χ1) is 12.3. The fraction of sp³-hybridized carbons (Fsp3) is 0.300. The second-order valence-electron chi connectivity index (χ2n) is 6.31. The molecule has 4 rings (SSSR count). The molecule has 0 atom stereocenters. The fourth-order valence-corrected chi connectivity index (χ4v) is 3.53. The lowest BCUT2D eigenvalue weighted by Crippen LogP contribution is -2.49. The van der Waals surface area contributed by atoms with Crippen molar-refractivity contribution >= 4 is 22.6 Å². The molecule has 0 aliphatic carbocycles. The van der Waals surface area contributed by atoms with E-state index in [1.165, 1.54) is 0 Å². The number of pyridine rings is 1. The number of carbonyl (C=O) groups is 1. The summed E-state index contributed by atoms with van der Waals surface area (Å²) in [4.78, 5) is 21.7. The summed E-state index contributed by atoms with van der Waals surface area (Å²) in [6.45, 7) is 6.04. The van der Waals surface area contributed by atoms with Crippen molar-refractivity contribution in [2.45, 2.75) is 13.5 Å². The number of amides is 1. The van der Waals surface area contributed by atoms with Gasteiger partial charge in [-0.15, -0.1) is 0 Å². The first-order valence-corrected chi connectivity index (χ1v) is 8.81. The van der Waals surface area contributed by atoms with Crippen LogP contribution < -0.4 is 4.90 Å². The van der Waals surface area contributed by atoms with Crippen LogP contribution in [-0.4, -0.2) is 46.5 Å². The van der Waals surface area contributed by atoms with Crippen LogP contribution in [0.1, 0.15) is 17.3 Å². The van der Waals surface area contributed by atoms with Gasteiger partial charge in [0.1, 0.15) is 5.82 Å². The maximum Gasteiger partial charge on any atom is 0.256 e. The topological polar surface area (TPSA) is 41.4 Å². The van der Waals surface area contributed by atoms with Gasteiger partial charge in [-0.1, -0.05) is 24.3 Å². The summed E-state index contributed by atoms with van der Waals surface area (Å²) in [5, 5.41) is 1.04. The Morgan fingerprint density at radius 1 is 1.04 bits per heavy atom. The lowest BCUT2D eigenvalue weighted by molar-refractivity contribution is 0.0748. The summed E-state index contributed by atoms with van der Waals surface area (Å²) in [6.07, 6.45) is 3.81. The van der Waals surface area contributed by atoms with Crippen molar-refractivity contribution < 1.29 is 4.79 Å². The quantitative estimate of drug-likeness (QED) is 0.739. The van der Waals surface area contributed by atoms with Crippen molar-refractivity contribution in [3.05, 3.63) is 60.4 Å². The number of nitrogens with zero attached hydrogens (tertiary/aromatic N) is 4. The zero-order valence-corrected chi connectivity index (χ0v) is 14.4. The van der Waals surface area contributed by atoms with Gasteiger partial charge in [0, 0.05) is 56.0 Å². The molecule has 1 amide bonds. The Morgan fingerprint density at radius 3 is 2.52 bits per heavy atom. The summed E-state index contributed by atoms with van der Waals surface area (Å²) < 4.78 is 2.15. The van der Waals surface area contributed by atoms with Gasteiger partial charge >= 0.3 is 0 Å². The van der Waals surface area contributed by atoms with Crippen LogP contribution in [0.15, 0.2) is 54.9 Å². The van der Waals surface area contributed by atoms with Crippen LogP contribution in [0.3, 0.4) is 0 Å². The average molecular weight is 334 g/mol. The number of aromatic nitrogens is 2. The Morgan fingerprint density at radius 2 is 1.80 bits per heavy atom. The summed E-state index contributed by atoms with van der Waals surface area (Å²) in [5.74, 6) is 1.11. The van der Waals surface area contributed by atoms with E-state index in [9.17, 15) is 4.79 Å². The van der Waals surface area contributed by atoms with E-state index in [0.717, 1.165) is 55.0 Å². The third kappa shape index (κ3) is 2.86. The van der Waals surface area contributed by atoms with Gasteiger partial charge in [-0.05, 0) is 25.1 Å². The van der Waals surface area contributed by atoms with Gasteiger partial charge < -0.3 is 14.4 Å². The highest BCUT2D eigenvalue weighted by Gasteiger charge is 2.25. The molecule has 0 N–H and O–H groups in total. The molecule has 1 aliphatic rings. The monoisotopic (exact) mass is 334 g/mol. The van der Waals surface area contributed by atoms with E-state index < -0.39 is 0 Å². The molecule has 128 valence electrons. The predicted molar refractivity (Wildman–Crippen MR) is 100.0 cm³/mol. The molecule has 5 heteroatoms. The molecule has 1 saturated heterocycles. The Bertz CT molecular complexity index is 879. The van der Waals surface area contributed by atoms with Crippen LogP contribution >= 0.6 is 0 Å². The summed E-state index contributed by atoms with van der Waals surface area (Å²) in [6, 6.07) is 14.1. The van der Waals surface area contributed by atoms with E-state index >= 15 is 0 Å². The molecule has 5 nitrogen and oxygen atoms in total. The van der Waals surface area contributed by atoms with Crippen molar-refractivity contribution in [3.63, 3.8) is 0 Å². The molecule has 2 aromatic heterocycles. The lowest BCUT2D eigenvalue weighted by Gasteiger charge is -2.35. The van der Waals surface area contributed by atoms with Crippen molar-refractivity contribution in [1.29, 1.82) is 0 Å². The predicted octanol–water partition coefficient (Wildman–Crippen LogP) is 3.02. The van der Waals surface area contributed by atoms with Crippen LogP contribution in [-0.2, 0) is 6.54 Å². The number of hydrogen-bond donors (Lipinski definition) is 0. The summed E-state index contributed by atoms with van der Waals surface area (Å²) >= 11 is 0. The number of fused-ring (bicyclic) bond motifs is 1. The van der Waals surface area contributed by atoms with Gasteiger partial charge in [0.05, 0.1) is 5.56 Å². The maximum absolute atomic E-state index is 13.1. The molecule has 0 spiro atoms. The Kier molecular flexibility index (Phi) is 4.14. The number of aryl methyl sites for hydroxylation is 1. The van der Waals surface area contributed by atoms with Gasteiger partial charge in [-0.3, -0.25) is 4.79 Å². The second-order valence-corrected chi connectivity index (χ2v) is 6.31. The molecule has 0 radical (unpaired) electrons. The van der Waals surface area contributed by atoms with E-state index in [0.29, 0.717) is 0 Å². The SMILES string of the molecule is CCn1cc(C(=O)N2CCN(c3ccccn3)CC2)c2ccccc21. The van der Waals surface area contributed by atoms with Gasteiger partial charge in [0.15, 0.2) is 0 Å². The van der Waals surface area contributed by atoms with Gasteiger partial charge in [0.25, 0.3) is 5.91 Å². The minimum Gasteiger partial charge on any atom is -0.353 e. The van der Waals surface area contributed by atoms with Crippen LogP contribution in [0.5, 0.6) is 0 Å². The number of anilines is 1. The van der Waals surface area contributed by atoms with Crippen molar-refractivity contribution in [1.82, 2.24) is 14.5 Å². The van der Waals surface area contributed by atoms with Gasteiger partial charge in [-0.2, -0.15) is 0 Å². The van der Waals surface area contributed by atoms with Crippen LogP contribution in [0.4, 0.5) is 5.82 Å². The number of piperazine rings is 1. The largest absolute Gasteiger partial charge is 0.353 e. The fourth-order valence-electron chi connectivity index (χ4n) is 3.53. The Balaban J connectivity index is 1.53. The molecule has 1 aromatic carbocycles. The molecular weight excluding hydrogens is 312 g/mol. The third-order valence-corrected chi connectivity index (χ3v) is 4.90. The van der Waals surface area contributed by atoms with Gasteiger partial charge in [0.2, 0.25) is 0 Å². The number of carbonyl (C=O) groups excluding carboxylic acids is 1. The molecular formula is C20H22N4O. The van der Waals surface area contributed by atoms with Crippen molar-refractivity contribution in [3.8, 4) is 0 Å². The van der Waals surface area contributed by atoms with Crippen LogP contribution in [0.2, 0.25) is 0 Å². The molecule has 1 aliphatic heterocycles. The summed E-state index contributed by atoms with van der Waals surface area (Å²) in [7, 11) is 0. The molecule has 0 unspecified atom stereocenters. The number of para-hydroxylation sites is 1. The van der Waals surface area contributed by atoms with E-state index in [1.54, 1.807) is 0 Å². The minimum atomic E-state index is 0.129. The number of rotatable bonds is 3. The number of benzene rings is 1. The van der Waals surface area contributed by atoms with E-state index in [-0.39, 0.29) is 5.91 Å². The van der Waals surface area contributed by atoms with Crippen molar-refractivity contribution in [2.24, 2.45) is 0 Å². The lowest BCUT2D eigenvalue weighted by atomic mass is 10.1. The molecule has 0 saturated carbocycles. The summed E-state index contributed by atoms with van der Waals surface area (Å²) in [5.41, 5.74) is 1.93. The minimum absolute atomic E-state index is 0.129. The van der Waals surface area contributed by atoms with Crippen LogP contribution in [0, 0.1) is 0 Å². The van der Waals surface area contributed by atoms with Crippen LogP contribution in [0.25, 0.3) is 10.9 Å². The standard InChI is InChI=1S/C20H22N4O/c1-2-22-15-17(16-7-3-4-8-18(16)22)20(25)24-13-11-23(12-14-24)19-9-5-6-10-21-19/h3-10,15H,2,11-14H2,1H3. The Hall–Kier alpha value is -2.82. The molecule has 1 fully saturated rings. The average Bonchev–Trinajstić information content (AvgIpc) is 3.07. The zero-order valence-electron chi connectivity index (χ0n) is 14.4. The van der Waals surface area contributed by atoms with E-state index in [4.69, 9.17) is 0 Å².